The number of aryl methyl sites for hydroxylation is 1. The number of aromatic nitrogens is 5. The van der Waals surface area contributed by atoms with Crippen molar-refractivity contribution in [1.82, 2.24) is 29.6 Å². The maximum atomic E-state index is 12.4. The van der Waals surface area contributed by atoms with Crippen LogP contribution in [0.15, 0.2) is 42.9 Å². The first-order chi connectivity index (χ1) is 12.2. The van der Waals surface area contributed by atoms with Crippen molar-refractivity contribution >= 4 is 5.91 Å². The number of carbonyl (C=O) groups is 1. The SMILES string of the molecule is Cc1nccn1-c1cccc(C2CCN(C(=O)c3ccn[nH]3)CC2)n1. The van der Waals surface area contributed by atoms with E-state index in [1.807, 2.05) is 34.7 Å². The van der Waals surface area contributed by atoms with Crippen LogP contribution in [0.2, 0.25) is 0 Å². The number of hydrogen-bond donors (Lipinski definition) is 1. The van der Waals surface area contributed by atoms with Crippen LogP contribution in [0.5, 0.6) is 0 Å². The molecule has 0 unspecified atom stereocenters. The number of likely N-dealkylation sites (tertiary alicyclic amines) is 1. The molecule has 0 saturated carbocycles. The van der Waals surface area contributed by atoms with Gasteiger partial charge in [0.25, 0.3) is 5.91 Å². The molecule has 128 valence electrons. The summed E-state index contributed by atoms with van der Waals surface area (Å²) in [5, 5.41) is 6.60. The molecule has 1 fully saturated rings. The van der Waals surface area contributed by atoms with Crippen LogP contribution < -0.4 is 0 Å². The van der Waals surface area contributed by atoms with Crippen LogP contribution in [-0.4, -0.2) is 48.6 Å². The van der Waals surface area contributed by atoms with Crippen molar-refractivity contribution in [1.29, 1.82) is 0 Å². The van der Waals surface area contributed by atoms with E-state index >= 15 is 0 Å². The summed E-state index contributed by atoms with van der Waals surface area (Å²) < 4.78 is 1.99. The van der Waals surface area contributed by atoms with Gasteiger partial charge in [-0.2, -0.15) is 5.10 Å². The highest BCUT2D eigenvalue weighted by Crippen LogP contribution is 2.28. The lowest BCUT2D eigenvalue weighted by Gasteiger charge is -2.31. The first-order valence-electron chi connectivity index (χ1n) is 8.48. The molecular formula is C18H20N6O. The Morgan fingerprint density at radius 3 is 2.72 bits per heavy atom. The zero-order chi connectivity index (χ0) is 17.2. The summed E-state index contributed by atoms with van der Waals surface area (Å²) in [7, 11) is 0. The average Bonchev–Trinajstić information content (AvgIpc) is 3.33. The molecule has 7 nitrogen and oxygen atoms in total. The zero-order valence-electron chi connectivity index (χ0n) is 14.1. The Kier molecular flexibility index (Phi) is 4.05. The summed E-state index contributed by atoms with van der Waals surface area (Å²) in [6.45, 7) is 3.44. The molecule has 0 aromatic carbocycles. The average molecular weight is 336 g/mol. The molecule has 1 amide bonds. The highest BCUT2D eigenvalue weighted by Gasteiger charge is 2.26. The number of hydrogen-bond acceptors (Lipinski definition) is 4. The third-order valence-corrected chi connectivity index (χ3v) is 4.76. The van der Waals surface area contributed by atoms with Crippen LogP contribution in [0.25, 0.3) is 5.82 Å². The maximum absolute atomic E-state index is 12.4. The fourth-order valence-corrected chi connectivity index (χ4v) is 3.34. The minimum atomic E-state index is 0.0201. The van der Waals surface area contributed by atoms with Gasteiger partial charge in [0.2, 0.25) is 0 Å². The van der Waals surface area contributed by atoms with Gasteiger partial charge in [-0.15, -0.1) is 0 Å². The number of carbonyl (C=O) groups excluding carboxylic acids is 1. The van der Waals surface area contributed by atoms with Gasteiger partial charge in [0.05, 0.1) is 0 Å². The van der Waals surface area contributed by atoms with E-state index in [4.69, 9.17) is 4.98 Å². The van der Waals surface area contributed by atoms with Crippen molar-refractivity contribution < 1.29 is 4.79 Å². The van der Waals surface area contributed by atoms with Crippen molar-refractivity contribution in [3.63, 3.8) is 0 Å². The Balaban J connectivity index is 1.46. The predicted octanol–water partition coefficient (Wildman–Crippen LogP) is 2.32. The summed E-state index contributed by atoms with van der Waals surface area (Å²) in [6.07, 6.45) is 7.14. The molecule has 3 aromatic rings. The van der Waals surface area contributed by atoms with Gasteiger partial charge in [0.15, 0.2) is 0 Å². The van der Waals surface area contributed by atoms with Crippen molar-refractivity contribution in [2.75, 3.05) is 13.1 Å². The number of nitrogens with one attached hydrogen (secondary N) is 1. The molecule has 25 heavy (non-hydrogen) atoms. The zero-order valence-corrected chi connectivity index (χ0v) is 14.1. The first-order valence-corrected chi connectivity index (χ1v) is 8.48. The highest BCUT2D eigenvalue weighted by atomic mass is 16.2. The quantitative estimate of drug-likeness (QED) is 0.796. The van der Waals surface area contributed by atoms with E-state index in [-0.39, 0.29) is 5.91 Å². The van der Waals surface area contributed by atoms with Gasteiger partial charge in [0, 0.05) is 43.3 Å². The summed E-state index contributed by atoms with van der Waals surface area (Å²) in [5.41, 5.74) is 1.63. The number of rotatable bonds is 3. The lowest BCUT2D eigenvalue weighted by molar-refractivity contribution is 0.0706. The molecule has 1 saturated heterocycles. The molecule has 1 aliphatic heterocycles. The molecule has 7 heteroatoms. The molecule has 0 bridgehead atoms. The Labute approximate surface area is 145 Å². The Bertz CT molecular complexity index is 861. The second-order valence-corrected chi connectivity index (χ2v) is 6.30. The number of aromatic amines is 1. The van der Waals surface area contributed by atoms with Crippen LogP contribution in [0.1, 0.15) is 40.8 Å². The topological polar surface area (TPSA) is 79.7 Å². The van der Waals surface area contributed by atoms with E-state index in [0.29, 0.717) is 11.6 Å². The molecular weight excluding hydrogens is 316 g/mol. The Hall–Kier alpha value is -2.96. The molecule has 0 radical (unpaired) electrons. The second-order valence-electron chi connectivity index (χ2n) is 6.30. The number of pyridine rings is 1. The van der Waals surface area contributed by atoms with Gasteiger partial charge in [-0.05, 0) is 38.0 Å². The minimum Gasteiger partial charge on any atom is -0.337 e. The smallest absolute Gasteiger partial charge is 0.271 e. The largest absolute Gasteiger partial charge is 0.337 e. The monoisotopic (exact) mass is 336 g/mol. The van der Waals surface area contributed by atoms with Crippen molar-refractivity contribution in [2.45, 2.75) is 25.7 Å². The van der Waals surface area contributed by atoms with Crippen LogP contribution >= 0.6 is 0 Å². The van der Waals surface area contributed by atoms with Crippen molar-refractivity contribution in [3.05, 3.63) is 60.1 Å². The van der Waals surface area contributed by atoms with Gasteiger partial charge in [-0.25, -0.2) is 9.97 Å². The number of nitrogens with zero attached hydrogens (tertiary/aromatic N) is 5. The standard InChI is InChI=1S/C18H20N6O/c1-13-19-9-12-24(13)17-4-2-3-15(21-17)14-6-10-23(11-7-14)18(25)16-5-8-20-22-16/h2-5,8-9,12,14H,6-7,10-11H2,1H3,(H,20,22). The first kappa shape index (κ1) is 15.6. The molecule has 0 atom stereocenters. The van der Waals surface area contributed by atoms with E-state index < -0.39 is 0 Å². The van der Waals surface area contributed by atoms with Gasteiger partial charge in [0.1, 0.15) is 17.3 Å². The van der Waals surface area contributed by atoms with E-state index in [1.165, 1.54) is 0 Å². The summed E-state index contributed by atoms with van der Waals surface area (Å²) in [4.78, 5) is 23.3. The van der Waals surface area contributed by atoms with Crippen molar-refractivity contribution in [2.24, 2.45) is 0 Å². The van der Waals surface area contributed by atoms with Crippen LogP contribution in [0.3, 0.4) is 0 Å². The molecule has 3 aromatic heterocycles. The summed E-state index contributed by atoms with van der Waals surface area (Å²) in [5.74, 6) is 2.20. The summed E-state index contributed by atoms with van der Waals surface area (Å²) in [6, 6.07) is 7.83. The molecule has 4 heterocycles. The fraction of sp³-hybridized carbons (Fsp3) is 0.333. The van der Waals surface area contributed by atoms with Crippen LogP contribution in [0, 0.1) is 6.92 Å². The molecule has 1 aliphatic rings. The van der Waals surface area contributed by atoms with Gasteiger partial charge >= 0.3 is 0 Å². The Morgan fingerprint density at radius 2 is 2.04 bits per heavy atom. The number of amides is 1. The number of imidazole rings is 1. The lowest BCUT2D eigenvalue weighted by Crippen LogP contribution is -2.38. The van der Waals surface area contributed by atoms with Crippen LogP contribution in [0.4, 0.5) is 0 Å². The molecule has 0 spiro atoms. The van der Waals surface area contributed by atoms with Crippen LogP contribution in [-0.2, 0) is 0 Å². The Morgan fingerprint density at radius 1 is 1.20 bits per heavy atom. The van der Waals surface area contributed by atoms with E-state index in [0.717, 1.165) is 43.3 Å². The fourth-order valence-electron chi connectivity index (χ4n) is 3.34. The number of piperidine rings is 1. The third-order valence-electron chi connectivity index (χ3n) is 4.76. The highest BCUT2D eigenvalue weighted by molar-refractivity contribution is 5.92. The summed E-state index contributed by atoms with van der Waals surface area (Å²) >= 11 is 0. The van der Waals surface area contributed by atoms with E-state index in [1.54, 1.807) is 18.5 Å². The minimum absolute atomic E-state index is 0.0201. The third kappa shape index (κ3) is 3.05. The second kappa shape index (κ2) is 6.51. The maximum Gasteiger partial charge on any atom is 0.271 e. The van der Waals surface area contributed by atoms with E-state index in [2.05, 4.69) is 21.2 Å². The molecule has 0 aliphatic carbocycles. The molecule has 4 rings (SSSR count). The van der Waals surface area contributed by atoms with Gasteiger partial charge < -0.3 is 4.90 Å². The van der Waals surface area contributed by atoms with E-state index in [9.17, 15) is 4.79 Å². The lowest BCUT2D eigenvalue weighted by atomic mass is 9.93. The normalized spacial score (nSPS) is 15.5. The molecule has 1 N–H and O–H groups in total. The predicted molar refractivity (Wildman–Crippen MR) is 92.6 cm³/mol. The number of H-pyrrole nitrogens is 1. The van der Waals surface area contributed by atoms with Gasteiger partial charge in [-0.1, -0.05) is 6.07 Å². The van der Waals surface area contributed by atoms with Crippen molar-refractivity contribution in [3.8, 4) is 5.82 Å². The van der Waals surface area contributed by atoms with Gasteiger partial charge in [-0.3, -0.25) is 14.5 Å².